The van der Waals surface area contributed by atoms with E-state index in [-0.39, 0.29) is 0 Å². The van der Waals surface area contributed by atoms with Gasteiger partial charge in [-0.25, -0.2) is 0 Å². The lowest BCUT2D eigenvalue weighted by Crippen LogP contribution is -2.52. The van der Waals surface area contributed by atoms with Crippen molar-refractivity contribution in [2.24, 2.45) is 35.5 Å². The van der Waals surface area contributed by atoms with Crippen LogP contribution in [0.3, 0.4) is 0 Å². The summed E-state index contributed by atoms with van der Waals surface area (Å²) >= 11 is 0. The lowest BCUT2D eigenvalue weighted by Gasteiger charge is -2.53. The van der Waals surface area contributed by atoms with E-state index >= 15 is 0 Å². The number of hydrogen-bond donors (Lipinski definition) is 0. The maximum atomic E-state index is 6.99. The first-order valence-electron chi connectivity index (χ1n) is 44.0. The maximum absolute atomic E-state index is 6.99. The zero-order valence-corrected chi connectivity index (χ0v) is 103. The van der Waals surface area contributed by atoms with Gasteiger partial charge in [-0.1, -0.05) is 41.5 Å². The normalized spacial score (nSPS) is 18.9. The summed E-state index contributed by atoms with van der Waals surface area (Å²) < 4.78 is 126. The quantitative estimate of drug-likeness (QED) is 0.0244. The summed E-state index contributed by atoms with van der Waals surface area (Å²) in [7, 11) is 13.6. The number of rotatable bonds is 90. The molecular formula is C72H162O18S24Si6+6. The Morgan fingerprint density at radius 3 is 0.342 bits per heavy atom. The fourth-order valence-corrected chi connectivity index (χ4v) is 136. The van der Waals surface area contributed by atoms with Crippen molar-refractivity contribution >= 4 is 287 Å². The van der Waals surface area contributed by atoms with Gasteiger partial charge in [-0.15, -0.1) is 0 Å². The van der Waals surface area contributed by atoms with Gasteiger partial charge in [0.2, 0.25) is 0 Å². The molecule has 1 fully saturated rings. The van der Waals surface area contributed by atoms with Crippen molar-refractivity contribution in [1.82, 2.24) is 0 Å². The highest BCUT2D eigenvalue weighted by Crippen LogP contribution is 2.60. The van der Waals surface area contributed by atoms with Gasteiger partial charge in [0, 0.05) is 188 Å². The fraction of sp³-hybridized carbons (Fsp3) is 1.00. The standard InChI is InChI=1S/C72H162O18S24Si6/c1-25-55-91-103-109(115(73-31-7,74-32-8)75-33-9)97-61-49-67-68(50-62-98-110(104-92-56-26-2)116(76-34-10,77-35-11)78-36-12)70(52-64-100-112(106-94-58-28-4)118(82-40-16,83-41-17)84-42-18)72(54-66-102-114(108-96-60-30-6)120(88-46-22,89-47-23)90-48-24)71(53-65-101-113(107-95-59-29-5)119(85-43-19,86-44-20)87-45-21)69(67)51-63-99-111(105-93-57-27-3)117(79-37-13,80-38-14)81-39-15/h67-72H,25-66H2,1-24H3/q+6. The molecule has 0 radical (unpaired) electrons. The van der Waals surface area contributed by atoms with Crippen LogP contribution < -0.4 is 0 Å². The molecule has 0 amide bonds. The molecule has 1 aliphatic carbocycles. The minimum atomic E-state index is -3.26. The monoisotopic (exact) mass is 2250 g/mol. The van der Waals surface area contributed by atoms with Crippen molar-refractivity contribution in [1.29, 1.82) is 0 Å². The third-order valence-electron chi connectivity index (χ3n) is 16.5. The Morgan fingerprint density at radius 2 is 0.258 bits per heavy atom. The van der Waals surface area contributed by atoms with E-state index < -0.39 is 98.2 Å². The summed E-state index contributed by atoms with van der Waals surface area (Å²) in [5.41, 5.74) is 0. The van der Waals surface area contributed by atoms with Gasteiger partial charge in [-0.05, 0) is 302 Å². The lowest BCUT2D eigenvalue weighted by molar-refractivity contribution is -0.0293. The van der Waals surface area contributed by atoms with Crippen molar-refractivity contribution in [3.8, 4) is 0 Å². The predicted octanol–water partition coefficient (Wildman–Crippen LogP) is 27.1. The van der Waals surface area contributed by atoms with Crippen LogP contribution in [0.15, 0.2) is 0 Å². The average molecular weight is 2250 g/mol. The Kier molecular flexibility index (Phi) is 86.4. The van der Waals surface area contributed by atoms with E-state index in [0.29, 0.717) is 154 Å². The van der Waals surface area contributed by atoms with Crippen LogP contribution in [0.5, 0.6) is 0 Å². The van der Waals surface area contributed by atoms with Crippen LogP contribution in [0.2, 0.25) is 0 Å². The average Bonchev–Trinajstić information content (AvgIpc) is 0.761. The fourth-order valence-electron chi connectivity index (χ4n) is 12.6. The molecule has 1 saturated carbocycles. The first-order chi connectivity index (χ1) is 58.4. The Hall–Kier alpha value is 8.98. The first-order valence-corrected chi connectivity index (χ1v) is 92.1. The van der Waals surface area contributed by atoms with E-state index in [4.69, 9.17) is 79.7 Å². The van der Waals surface area contributed by atoms with Crippen molar-refractivity contribution in [2.45, 2.75) is 243 Å². The highest BCUT2D eigenvalue weighted by molar-refractivity contribution is 9.32. The van der Waals surface area contributed by atoms with Gasteiger partial charge in [0.05, 0.1) is 64.8 Å². The molecule has 6 atom stereocenters. The van der Waals surface area contributed by atoms with Gasteiger partial charge >= 0.3 is 47.7 Å². The molecule has 0 N–H and O–H groups in total. The zero-order chi connectivity index (χ0) is 89.1. The van der Waals surface area contributed by atoms with Crippen LogP contribution >= 0.6 is 188 Å². The topological polar surface area (TPSA) is 166 Å². The highest BCUT2D eigenvalue weighted by Gasteiger charge is 2.72. The number of hydrogen-bond acceptors (Lipinski definition) is 36. The Labute approximate surface area is 822 Å². The summed E-state index contributed by atoms with van der Waals surface area (Å²) in [6.07, 6.45) is 12.5. The zero-order valence-electron chi connectivity index (χ0n) is 77.3. The third-order valence-corrected chi connectivity index (χ3v) is 132. The second kappa shape index (κ2) is 81.6. The second-order valence-corrected chi connectivity index (χ2v) is 109. The molecule has 0 aromatic carbocycles. The van der Waals surface area contributed by atoms with Gasteiger partial charge in [0.1, 0.15) is 0 Å². The SMILES string of the molecule is CCCSS[S+](SCCC1C(CCS[S+](SSCCC)[Si](OCC)(OCC)OCC)C(CCS[S+](SSCCC)[Si](OCC)(OCC)OCC)C(CCS[S+](SSCCC)[Si](OCC)(OCC)OCC)C(CCS[S+](SSCCC)[Si](OCC)(OCC)OCC)C1CCS[S+](SSCCC)[Si](OCC)(OCC)OCC)[Si](OCC)(OCC)OCC. The van der Waals surface area contributed by atoms with Gasteiger partial charge in [0.15, 0.2) is 109 Å². The van der Waals surface area contributed by atoms with Crippen molar-refractivity contribution in [2.75, 3.05) is 188 Å². The van der Waals surface area contributed by atoms with Crippen molar-refractivity contribution < 1.29 is 79.7 Å². The molecule has 0 saturated heterocycles. The molecule has 0 spiro atoms. The molecule has 0 bridgehead atoms. The second-order valence-electron chi connectivity index (χ2n) is 25.2. The van der Waals surface area contributed by atoms with E-state index in [1.54, 1.807) is 0 Å². The molecule has 0 aliphatic heterocycles. The summed E-state index contributed by atoms with van der Waals surface area (Å²) in [5, 5.41) is 0. The third kappa shape index (κ3) is 47.0. The van der Waals surface area contributed by atoms with Gasteiger partial charge in [-0.3, -0.25) is 0 Å². The molecular weight excluding hydrogens is 2090 g/mol. The van der Waals surface area contributed by atoms with E-state index in [1.807, 2.05) is 124 Å². The van der Waals surface area contributed by atoms with Crippen LogP contribution in [0.1, 0.15) is 243 Å². The van der Waals surface area contributed by atoms with Crippen LogP contribution in [0.4, 0.5) is 0 Å². The van der Waals surface area contributed by atoms with Crippen LogP contribution in [0.25, 0.3) is 0 Å². The van der Waals surface area contributed by atoms with Crippen molar-refractivity contribution in [3.05, 3.63) is 0 Å². The Bertz CT molecular complexity index is 1840. The van der Waals surface area contributed by atoms with Gasteiger partial charge in [-0.2, -0.15) is 0 Å². The summed E-state index contributed by atoms with van der Waals surface area (Å²) in [6.45, 7) is 61.0. The molecule has 0 aromatic rings. The highest BCUT2D eigenvalue weighted by atomic mass is 33.8. The molecule has 0 aromatic heterocycles. The van der Waals surface area contributed by atoms with E-state index in [2.05, 4.69) is 231 Å². The lowest BCUT2D eigenvalue weighted by atomic mass is 9.53. The van der Waals surface area contributed by atoms with E-state index in [1.165, 1.54) is 0 Å². The maximum Gasteiger partial charge on any atom is 0.808 e. The summed E-state index contributed by atoms with van der Waals surface area (Å²) in [4.78, 5) is 0. The predicted molar refractivity (Wildman–Crippen MR) is 593 cm³/mol. The first kappa shape index (κ1) is 127. The molecule has 720 valence electrons. The van der Waals surface area contributed by atoms with Crippen LogP contribution in [0, 0.1) is 35.5 Å². The Balaban J connectivity index is 5.57. The van der Waals surface area contributed by atoms with Crippen LogP contribution in [-0.4, -0.2) is 236 Å². The van der Waals surface area contributed by atoms with Gasteiger partial charge < -0.3 is 79.7 Å². The Morgan fingerprint density at radius 1 is 0.158 bits per heavy atom. The van der Waals surface area contributed by atoms with Crippen molar-refractivity contribution in [3.63, 3.8) is 0 Å². The summed E-state index contributed by atoms with van der Waals surface area (Å²) in [5.74, 6) is 13.5. The van der Waals surface area contributed by atoms with E-state index in [0.717, 1.165) is 146 Å². The van der Waals surface area contributed by atoms with Crippen LogP contribution in [-0.2, 0) is 130 Å². The molecule has 1 rings (SSSR count). The van der Waals surface area contributed by atoms with E-state index in [9.17, 15) is 0 Å². The minimum absolute atomic E-state index is 0.291. The largest absolute Gasteiger partial charge is 0.808 e. The molecule has 18 nitrogen and oxygen atoms in total. The minimum Gasteiger partial charge on any atom is -0.331 e. The molecule has 48 heteroatoms. The molecule has 6 unspecified atom stereocenters. The molecule has 120 heavy (non-hydrogen) atoms. The van der Waals surface area contributed by atoms with Gasteiger partial charge in [0.25, 0.3) is 0 Å². The smallest absolute Gasteiger partial charge is 0.331 e. The molecule has 0 heterocycles. The summed E-state index contributed by atoms with van der Waals surface area (Å²) in [6, 6.07) is 0. The molecule has 1 aliphatic rings.